The van der Waals surface area contributed by atoms with Crippen LogP contribution < -0.4 is 16.4 Å². The quantitative estimate of drug-likeness (QED) is 0.644. The van der Waals surface area contributed by atoms with Gasteiger partial charge in [0.15, 0.2) is 0 Å². The van der Waals surface area contributed by atoms with E-state index in [0.717, 1.165) is 5.56 Å². The molecule has 4 N–H and O–H groups in total. The van der Waals surface area contributed by atoms with Gasteiger partial charge in [-0.2, -0.15) is 0 Å². The van der Waals surface area contributed by atoms with Crippen LogP contribution in [-0.4, -0.2) is 25.5 Å². The van der Waals surface area contributed by atoms with E-state index in [1.54, 1.807) is 7.05 Å². The molecule has 1 amide bonds. The Morgan fingerprint density at radius 3 is 2.62 bits per heavy atom. The fourth-order valence-corrected chi connectivity index (χ4v) is 1.48. The molecule has 0 aliphatic heterocycles. The number of nitrogens with two attached hydrogens (primary N) is 1. The zero-order chi connectivity index (χ0) is 11.8. The average Bonchev–Trinajstić information content (AvgIpc) is 2.34. The lowest BCUT2D eigenvalue weighted by atomic mass is 10.2. The molecule has 1 aromatic rings. The summed E-state index contributed by atoms with van der Waals surface area (Å²) in [5.41, 5.74) is 6.53. The topological polar surface area (TPSA) is 67.1 Å². The molecule has 0 unspecified atom stereocenters. The minimum Gasteiger partial charge on any atom is -0.351 e. The van der Waals surface area contributed by atoms with Crippen LogP contribution >= 0.6 is 0 Å². The van der Waals surface area contributed by atoms with Crippen LogP contribution in [0.2, 0.25) is 0 Å². The van der Waals surface area contributed by atoms with E-state index < -0.39 is 0 Å². The second-order valence-corrected chi connectivity index (χ2v) is 3.62. The third-order valence-electron chi connectivity index (χ3n) is 2.43. The SMILES string of the molecule is CN[C@@H](CCN)C(=O)NCc1ccccc1. The van der Waals surface area contributed by atoms with Gasteiger partial charge in [0.2, 0.25) is 5.91 Å². The van der Waals surface area contributed by atoms with Crippen molar-refractivity contribution in [2.75, 3.05) is 13.6 Å². The first-order valence-corrected chi connectivity index (χ1v) is 5.47. The van der Waals surface area contributed by atoms with Crippen molar-refractivity contribution in [3.05, 3.63) is 35.9 Å². The Bertz CT molecular complexity index is 313. The summed E-state index contributed by atoms with van der Waals surface area (Å²) in [5, 5.41) is 5.82. The third-order valence-corrected chi connectivity index (χ3v) is 2.43. The molecule has 1 rings (SSSR count). The Balaban J connectivity index is 2.40. The number of carbonyl (C=O) groups is 1. The van der Waals surface area contributed by atoms with E-state index in [9.17, 15) is 4.79 Å². The van der Waals surface area contributed by atoms with Crippen LogP contribution in [0.15, 0.2) is 30.3 Å². The minimum absolute atomic E-state index is 0.00296. The number of hydrogen-bond donors (Lipinski definition) is 3. The fourth-order valence-electron chi connectivity index (χ4n) is 1.48. The minimum atomic E-state index is -0.200. The smallest absolute Gasteiger partial charge is 0.237 e. The average molecular weight is 221 g/mol. The molecule has 0 bridgehead atoms. The molecular formula is C12H19N3O. The lowest BCUT2D eigenvalue weighted by molar-refractivity contribution is -0.123. The van der Waals surface area contributed by atoms with E-state index in [1.165, 1.54) is 0 Å². The van der Waals surface area contributed by atoms with Crippen LogP contribution in [-0.2, 0) is 11.3 Å². The number of likely N-dealkylation sites (N-methyl/N-ethyl adjacent to an activating group) is 1. The van der Waals surface area contributed by atoms with Crippen molar-refractivity contribution in [3.63, 3.8) is 0 Å². The predicted octanol–water partition coefficient (Wildman–Crippen LogP) is 0.240. The van der Waals surface area contributed by atoms with Crippen LogP contribution in [0, 0.1) is 0 Å². The van der Waals surface area contributed by atoms with E-state index >= 15 is 0 Å². The summed E-state index contributed by atoms with van der Waals surface area (Å²) in [6.07, 6.45) is 0.650. The molecule has 0 saturated heterocycles. The van der Waals surface area contributed by atoms with Crippen molar-refractivity contribution in [3.8, 4) is 0 Å². The molecule has 0 fully saturated rings. The lowest BCUT2D eigenvalue weighted by Crippen LogP contribution is -2.43. The number of hydrogen-bond acceptors (Lipinski definition) is 3. The maximum absolute atomic E-state index is 11.7. The summed E-state index contributed by atoms with van der Waals surface area (Å²) in [5.74, 6) is -0.00296. The Hall–Kier alpha value is -1.39. The zero-order valence-electron chi connectivity index (χ0n) is 9.57. The Labute approximate surface area is 96.2 Å². The molecule has 4 heteroatoms. The number of amides is 1. The number of nitrogens with one attached hydrogen (secondary N) is 2. The molecule has 0 aliphatic rings. The monoisotopic (exact) mass is 221 g/mol. The van der Waals surface area contributed by atoms with Crippen LogP contribution in [0.1, 0.15) is 12.0 Å². The maximum atomic E-state index is 11.7. The molecular weight excluding hydrogens is 202 g/mol. The second kappa shape index (κ2) is 6.98. The van der Waals surface area contributed by atoms with Gasteiger partial charge in [-0.1, -0.05) is 30.3 Å². The number of carbonyl (C=O) groups excluding carboxylic acids is 1. The van der Waals surface area contributed by atoms with Crippen molar-refractivity contribution in [2.24, 2.45) is 5.73 Å². The number of rotatable bonds is 6. The summed E-state index contributed by atoms with van der Waals surface area (Å²) < 4.78 is 0. The molecule has 0 radical (unpaired) electrons. The van der Waals surface area contributed by atoms with Gasteiger partial charge in [-0.3, -0.25) is 4.79 Å². The van der Waals surface area contributed by atoms with Gasteiger partial charge in [0, 0.05) is 6.54 Å². The molecule has 1 atom stereocenters. The van der Waals surface area contributed by atoms with E-state index in [1.807, 2.05) is 30.3 Å². The lowest BCUT2D eigenvalue weighted by Gasteiger charge is -2.14. The molecule has 4 nitrogen and oxygen atoms in total. The van der Waals surface area contributed by atoms with Crippen molar-refractivity contribution in [2.45, 2.75) is 19.0 Å². The summed E-state index contributed by atoms with van der Waals surface area (Å²) in [6, 6.07) is 9.63. The van der Waals surface area contributed by atoms with Gasteiger partial charge in [-0.25, -0.2) is 0 Å². The third kappa shape index (κ3) is 4.00. The van der Waals surface area contributed by atoms with Gasteiger partial charge in [-0.15, -0.1) is 0 Å². The van der Waals surface area contributed by atoms with Gasteiger partial charge in [-0.05, 0) is 25.6 Å². The van der Waals surface area contributed by atoms with Crippen LogP contribution in [0.4, 0.5) is 0 Å². The Kier molecular flexibility index (Phi) is 5.53. The second-order valence-electron chi connectivity index (χ2n) is 3.62. The molecule has 1 aromatic carbocycles. The summed E-state index contributed by atoms with van der Waals surface area (Å²) in [4.78, 5) is 11.7. The van der Waals surface area contributed by atoms with E-state index in [0.29, 0.717) is 19.5 Å². The highest BCUT2D eigenvalue weighted by Gasteiger charge is 2.14. The van der Waals surface area contributed by atoms with Crippen LogP contribution in [0.5, 0.6) is 0 Å². The highest BCUT2D eigenvalue weighted by Crippen LogP contribution is 1.98. The standard InChI is InChI=1S/C12H19N3O/c1-14-11(7-8-13)12(16)15-9-10-5-3-2-4-6-10/h2-6,11,14H,7-9,13H2,1H3,(H,15,16)/t11-/m0/s1. The fraction of sp³-hybridized carbons (Fsp3) is 0.417. The first-order chi connectivity index (χ1) is 7.77. The van der Waals surface area contributed by atoms with E-state index in [4.69, 9.17) is 5.73 Å². The maximum Gasteiger partial charge on any atom is 0.237 e. The van der Waals surface area contributed by atoms with E-state index in [-0.39, 0.29) is 11.9 Å². The molecule has 88 valence electrons. The van der Waals surface area contributed by atoms with Gasteiger partial charge in [0.25, 0.3) is 0 Å². The normalized spacial score (nSPS) is 12.1. The van der Waals surface area contributed by atoms with Crippen molar-refractivity contribution in [1.82, 2.24) is 10.6 Å². The summed E-state index contributed by atoms with van der Waals surface area (Å²) in [6.45, 7) is 1.06. The first kappa shape index (κ1) is 12.7. The predicted molar refractivity (Wildman–Crippen MR) is 64.8 cm³/mol. The van der Waals surface area contributed by atoms with Gasteiger partial charge < -0.3 is 16.4 Å². The van der Waals surface area contributed by atoms with Crippen LogP contribution in [0.25, 0.3) is 0 Å². The van der Waals surface area contributed by atoms with Crippen molar-refractivity contribution >= 4 is 5.91 Å². The Morgan fingerprint density at radius 1 is 1.38 bits per heavy atom. The molecule has 0 aromatic heterocycles. The molecule has 0 saturated carbocycles. The summed E-state index contributed by atoms with van der Waals surface area (Å²) in [7, 11) is 1.77. The first-order valence-electron chi connectivity index (χ1n) is 5.47. The van der Waals surface area contributed by atoms with Crippen LogP contribution in [0.3, 0.4) is 0 Å². The molecule has 0 spiro atoms. The van der Waals surface area contributed by atoms with Gasteiger partial charge >= 0.3 is 0 Å². The highest BCUT2D eigenvalue weighted by atomic mass is 16.2. The van der Waals surface area contributed by atoms with Gasteiger partial charge in [0.1, 0.15) is 0 Å². The molecule has 0 aliphatic carbocycles. The van der Waals surface area contributed by atoms with Crippen molar-refractivity contribution < 1.29 is 4.79 Å². The molecule has 16 heavy (non-hydrogen) atoms. The summed E-state index contributed by atoms with van der Waals surface area (Å²) >= 11 is 0. The largest absolute Gasteiger partial charge is 0.351 e. The zero-order valence-corrected chi connectivity index (χ0v) is 9.57. The van der Waals surface area contributed by atoms with Crippen molar-refractivity contribution in [1.29, 1.82) is 0 Å². The molecule has 0 heterocycles. The van der Waals surface area contributed by atoms with E-state index in [2.05, 4.69) is 10.6 Å². The number of benzene rings is 1. The highest BCUT2D eigenvalue weighted by molar-refractivity contribution is 5.81. The van der Waals surface area contributed by atoms with Gasteiger partial charge in [0.05, 0.1) is 6.04 Å². The Morgan fingerprint density at radius 2 is 2.06 bits per heavy atom.